The fourth-order valence-electron chi connectivity index (χ4n) is 2.15. The zero-order chi connectivity index (χ0) is 10.5. The summed E-state index contributed by atoms with van der Waals surface area (Å²) >= 11 is 0. The Morgan fingerprint density at radius 3 is 3.07 bits per heavy atom. The summed E-state index contributed by atoms with van der Waals surface area (Å²) in [6.07, 6.45) is 6.68. The van der Waals surface area contributed by atoms with Crippen LogP contribution >= 0.6 is 0 Å². The molecule has 0 aliphatic carbocycles. The maximum Gasteiger partial charge on any atom is 0.0571 e. The Labute approximate surface area is 91.1 Å². The predicted molar refractivity (Wildman–Crippen MR) is 61.4 cm³/mol. The Morgan fingerprint density at radius 2 is 2.40 bits per heavy atom. The lowest BCUT2D eigenvalue weighted by Gasteiger charge is -2.25. The van der Waals surface area contributed by atoms with Crippen LogP contribution in [0.1, 0.15) is 37.4 Å². The minimum atomic E-state index is 0.0711. The van der Waals surface area contributed by atoms with Gasteiger partial charge >= 0.3 is 0 Å². The summed E-state index contributed by atoms with van der Waals surface area (Å²) in [6.45, 7) is 1.14. The van der Waals surface area contributed by atoms with E-state index in [2.05, 4.69) is 10.3 Å². The molecule has 0 saturated carbocycles. The van der Waals surface area contributed by atoms with Gasteiger partial charge in [0.15, 0.2) is 0 Å². The Kier molecular flexibility index (Phi) is 3.69. The monoisotopic (exact) mass is 205 g/mol. The highest BCUT2D eigenvalue weighted by molar-refractivity contribution is 5.08. The maximum atomic E-state index is 6.12. The van der Waals surface area contributed by atoms with Crippen molar-refractivity contribution >= 4 is 0 Å². The zero-order valence-corrected chi connectivity index (χ0v) is 9.02. The van der Waals surface area contributed by atoms with Gasteiger partial charge in [-0.15, -0.1) is 0 Å². The molecule has 3 N–H and O–H groups in total. The first-order valence-corrected chi connectivity index (χ1v) is 5.76. The molecule has 2 unspecified atom stereocenters. The van der Waals surface area contributed by atoms with Gasteiger partial charge in [-0.05, 0) is 37.9 Å². The number of rotatable bonds is 3. The van der Waals surface area contributed by atoms with Crippen LogP contribution in [0, 0.1) is 0 Å². The maximum absolute atomic E-state index is 6.12. The van der Waals surface area contributed by atoms with E-state index in [1.54, 1.807) is 0 Å². The van der Waals surface area contributed by atoms with E-state index in [9.17, 15) is 0 Å². The molecular formula is C12H19N3. The van der Waals surface area contributed by atoms with Crippen molar-refractivity contribution in [2.75, 3.05) is 6.54 Å². The number of piperidine rings is 1. The zero-order valence-electron chi connectivity index (χ0n) is 9.02. The molecule has 15 heavy (non-hydrogen) atoms. The third-order valence-corrected chi connectivity index (χ3v) is 3.02. The summed E-state index contributed by atoms with van der Waals surface area (Å²) < 4.78 is 0. The second-order valence-corrected chi connectivity index (χ2v) is 4.24. The largest absolute Gasteiger partial charge is 0.323 e. The van der Waals surface area contributed by atoms with E-state index in [1.807, 2.05) is 24.4 Å². The van der Waals surface area contributed by atoms with Crippen molar-refractivity contribution < 1.29 is 0 Å². The highest BCUT2D eigenvalue weighted by atomic mass is 14.9. The van der Waals surface area contributed by atoms with Gasteiger partial charge in [0.2, 0.25) is 0 Å². The molecule has 0 radical (unpaired) electrons. The molecule has 1 fully saturated rings. The van der Waals surface area contributed by atoms with Gasteiger partial charge in [-0.3, -0.25) is 4.98 Å². The molecule has 1 aromatic heterocycles. The lowest BCUT2D eigenvalue weighted by molar-refractivity contribution is 0.360. The standard InChI is InChI=1S/C12H19N3/c13-11(12-6-2-4-8-15-12)9-10-5-1-3-7-14-10/h2,4,6,8,10-11,14H,1,3,5,7,9,13H2. The van der Waals surface area contributed by atoms with Gasteiger partial charge < -0.3 is 11.1 Å². The van der Waals surface area contributed by atoms with Crippen LogP contribution in [0.15, 0.2) is 24.4 Å². The van der Waals surface area contributed by atoms with Crippen molar-refractivity contribution in [1.82, 2.24) is 10.3 Å². The second kappa shape index (κ2) is 5.24. The summed E-state index contributed by atoms with van der Waals surface area (Å²) in [5.74, 6) is 0. The van der Waals surface area contributed by atoms with Crippen LogP contribution in [-0.4, -0.2) is 17.6 Å². The quantitative estimate of drug-likeness (QED) is 0.788. The van der Waals surface area contributed by atoms with Crippen molar-refractivity contribution in [3.63, 3.8) is 0 Å². The molecule has 82 valence electrons. The van der Waals surface area contributed by atoms with Crippen molar-refractivity contribution in [2.45, 2.75) is 37.8 Å². The van der Waals surface area contributed by atoms with E-state index in [4.69, 9.17) is 5.73 Å². The van der Waals surface area contributed by atoms with Gasteiger partial charge in [-0.2, -0.15) is 0 Å². The van der Waals surface area contributed by atoms with Gasteiger partial charge in [0, 0.05) is 18.3 Å². The molecule has 1 saturated heterocycles. The van der Waals surface area contributed by atoms with E-state index < -0.39 is 0 Å². The summed E-state index contributed by atoms with van der Waals surface area (Å²) in [7, 11) is 0. The van der Waals surface area contributed by atoms with Crippen LogP contribution in [0.2, 0.25) is 0 Å². The van der Waals surface area contributed by atoms with Crippen molar-refractivity contribution in [2.24, 2.45) is 5.73 Å². The lowest BCUT2D eigenvalue weighted by Crippen LogP contribution is -2.36. The van der Waals surface area contributed by atoms with Gasteiger partial charge in [-0.1, -0.05) is 12.5 Å². The van der Waals surface area contributed by atoms with E-state index in [0.29, 0.717) is 6.04 Å². The Hall–Kier alpha value is -0.930. The molecule has 0 bridgehead atoms. The first kappa shape index (κ1) is 10.6. The molecule has 3 nitrogen and oxygen atoms in total. The van der Waals surface area contributed by atoms with Crippen LogP contribution in [-0.2, 0) is 0 Å². The fourth-order valence-corrected chi connectivity index (χ4v) is 2.15. The molecule has 0 aromatic carbocycles. The smallest absolute Gasteiger partial charge is 0.0571 e. The Morgan fingerprint density at radius 1 is 1.47 bits per heavy atom. The molecule has 3 heteroatoms. The van der Waals surface area contributed by atoms with E-state index >= 15 is 0 Å². The van der Waals surface area contributed by atoms with Crippen LogP contribution in [0.5, 0.6) is 0 Å². The van der Waals surface area contributed by atoms with Gasteiger partial charge in [0.1, 0.15) is 0 Å². The van der Waals surface area contributed by atoms with Crippen LogP contribution in [0.3, 0.4) is 0 Å². The molecule has 2 atom stereocenters. The number of hydrogen-bond donors (Lipinski definition) is 2. The first-order chi connectivity index (χ1) is 7.36. The third-order valence-electron chi connectivity index (χ3n) is 3.02. The molecule has 1 aliphatic heterocycles. The number of pyridine rings is 1. The molecule has 2 rings (SSSR count). The lowest BCUT2D eigenvalue weighted by atomic mass is 9.97. The second-order valence-electron chi connectivity index (χ2n) is 4.24. The highest BCUT2D eigenvalue weighted by Crippen LogP contribution is 2.18. The summed E-state index contributed by atoms with van der Waals surface area (Å²) in [5.41, 5.74) is 7.13. The number of aromatic nitrogens is 1. The summed E-state index contributed by atoms with van der Waals surface area (Å²) in [5, 5.41) is 3.51. The van der Waals surface area contributed by atoms with Crippen LogP contribution < -0.4 is 11.1 Å². The number of nitrogens with one attached hydrogen (secondary N) is 1. The SMILES string of the molecule is NC(CC1CCCCN1)c1ccccn1. The first-order valence-electron chi connectivity index (χ1n) is 5.76. The molecule has 0 spiro atoms. The summed E-state index contributed by atoms with van der Waals surface area (Å²) in [6, 6.07) is 6.58. The van der Waals surface area contributed by atoms with Crippen LogP contribution in [0.25, 0.3) is 0 Å². The normalized spacial score (nSPS) is 23.7. The Bertz CT molecular complexity index is 280. The van der Waals surface area contributed by atoms with E-state index in [0.717, 1.165) is 18.7 Å². The molecule has 1 aromatic rings. The predicted octanol–water partition coefficient (Wildman–Crippen LogP) is 1.61. The molecule has 2 heterocycles. The molecule has 1 aliphatic rings. The number of nitrogens with zero attached hydrogens (tertiary/aromatic N) is 1. The van der Waals surface area contributed by atoms with Gasteiger partial charge in [-0.25, -0.2) is 0 Å². The van der Waals surface area contributed by atoms with Crippen molar-refractivity contribution in [1.29, 1.82) is 0 Å². The fraction of sp³-hybridized carbons (Fsp3) is 0.583. The van der Waals surface area contributed by atoms with E-state index in [1.165, 1.54) is 19.3 Å². The topological polar surface area (TPSA) is 50.9 Å². The molecule has 0 amide bonds. The molecular weight excluding hydrogens is 186 g/mol. The average Bonchev–Trinajstić information content (AvgIpc) is 2.31. The van der Waals surface area contributed by atoms with E-state index in [-0.39, 0.29) is 6.04 Å². The Balaban J connectivity index is 1.88. The number of hydrogen-bond acceptors (Lipinski definition) is 3. The minimum Gasteiger partial charge on any atom is -0.323 e. The van der Waals surface area contributed by atoms with Crippen LogP contribution in [0.4, 0.5) is 0 Å². The van der Waals surface area contributed by atoms with Gasteiger partial charge in [0.05, 0.1) is 5.69 Å². The van der Waals surface area contributed by atoms with Crippen molar-refractivity contribution in [3.8, 4) is 0 Å². The van der Waals surface area contributed by atoms with Gasteiger partial charge in [0.25, 0.3) is 0 Å². The highest BCUT2D eigenvalue weighted by Gasteiger charge is 2.17. The third kappa shape index (κ3) is 3.01. The van der Waals surface area contributed by atoms with Crippen molar-refractivity contribution in [3.05, 3.63) is 30.1 Å². The average molecular weight is 205 g/mol. The summed E-state index contributed by atoms with van der Waals surface area (Å²) in [4.78, 5) is 4.29. The minimum absolute atomic E-state index is 0.0711. The number of nitrogens with two attached hydrogens (primary N) is 1.